The lowest BCUT2D eigenvalue weighted by Gasteiger charge is -2.27. The van der Waals surface area contributed by atoms with E-state index in [9.17, 15) is 0 Å². The van der Waals surface area contributed by atoms with Crippen LogP contribution in [0.3, 0.4) is 0 Å². The third-order valence-corrected chi connectivity index (χ3v) is 4.54. The standard InChI is InChI=1S/C20H34N4O3/c1-14(2)17-19(26-7)22-15(18(23-17)25-6)12-16-21-9-10-24(16)13-27-11-8-20(3,4)5/h9-10,14-15,17H,8,11-13H2,1-7H3/t15?,17-/m1/s1. The van der Waals surface area contributed by atoms with E-state index in [1.165, 1.54) is 0 Å². The van der Waals surface area contributed by atoms with E-state index in [0.717, 1.165) is 18.9 Å². The van der Waals surface area contributed by atoms with Crippen molar-refractivity contribution in [3.05, 3.63) is 18.2 Å². The van der Waals surface area contributed by atoms with Crippen molar-refractivity contribution in [3.8, 4) is 0 Å². The van der Waals surface area contributed by atoms with Crippen LogP contribution in [0.1, 0.15) is 46.9 Å². The summed E-state index contributed by atoms with van der Waals surface area (Å²) in [6.45, 7) is 12.0. The number of nitrogens with zero attached hydrogens (tertiary/aromatic N) is 4. The Bertz CT molecular complexity index is 658. The van der Waals surface area contributed by atoms with Crippen molar-refractivity contribution in [2.75, 3.05) is 20.8 Å². The number of hydrogen-bond donors (Lipinski definition) is 0. The zero-order valence-electron chi connectivity index (χ0n) is 17.7. The fraction of sp³-hybridized carbons (Fsp3) is 0.750. The lowest BCUT2D eigenvalue weighted by Crippen LogP contribution is -2.38. The van der Waals surface area contributed by atoms with Gasteiger partial charge in [0, 0.05) is 25.4 Å². The fourth-order valence-corrected chi connectivity index (χ4v) is 2.85. The summed E-state index contributed by atoms with van der Waals surface area (Å²) in [7, 11) is 3.28. The summed E-state index contributed by atoms with van der Waals surface area (Å²) in [6, 6.07) is -0.350. The Kier molecular flexibility index (Phi) is 7.41. The van der Waals surface area contributed by atoms with Gasteiger partial charge in [-0.05, 0) is 17.8 Å². The minimum atomic E-state index is -0.240. The molecule has 0 aliphatic carbocycles. The van der Waals surface area contributed by atoms with E-state index >= 15 is 0 Å². The van der Waals surface area contributed by atoms with Crippen molar-refractivity contribution < 1.29 is 14.2 Å². The molecule has 0 aromatic carbocycles. The van der Waals surface area contributed by atoms with E-state index in [1.807, 2.05) is 10.8 Å². The predicted molar refractivity (Wildman–Crippen MR) is 107 cm³/mol. The molecule has 152 valence electrons. The number of hydrogen-bond acceptors (Lipinski definition) is 6. The second kappa shape index (κ2) is 9.35. The van der Waals surface area contributed by atoms with Crippen molar-refractivity contribution >= 4 is 11.8 Å². The van der Waals surface area contributed by atoms with Crippen molar-refractivity contribution in [3.63, 3.8) is 0 Å². The topological polar surface area (TPSA) is 70.2 Å². The van der Waals surface area contributed by atoms with E-state index in [2.05, 4.69) is 39.6 Å². The lowest BCUT2D eigenvalue weighted by molar-refractivity contribution is 0.0571. The van der Waals surface area contributed by atoms with Gasteiger partial charge in [-0.3, -0.25) is 0 Å². The van der Waals surface area contributed by atoms with Crippen LogP contribution in [-0.2, 0) is 27.4 Å². The summed E-state index contributed by atoms with van der Waals surface area (Å²) in [6.07, 6.45) is 5.31. The third kappa shape index (κ3) is 6.06. The molecule has 1 aliphatic heterocycles. The minimum Gasteiger partial charge on any atom is -0.483 e. The van der Waals surface area contributed by atoms with Crippen LogP contribution in [0.4, 0.5) is 0 Å². The molecule has 1 aliphatic rings. The molecule has 2 atom stereocenters. The maximum absolute atomic E-state index is 5.83. The van der Waals surface area contributed by atoms with Crippen LogP contribution in [0.15, 0.2) is 22.4 Å². The summed E-state index contributed by atoms with van der Waals surface area (Å²) in [5, 5.41) is 0. The zero-order chi connectivity index (χ0) is 20.0. The van der Waals surface area contributed by atoms with Gasteiger partial charge in [-0.2, -0.15) is 0 Å². The molecule has 0 amide bonds. The molecule has 0 spiro atoms. The molecule has 7 nitrogen and oxygen atoms in total. The highest BCUT2D eigenvalue weighted by Crippen LogP contribution is 2.20. The fourth-order valence-electron chi connectivity index (χ4n) is 2.85. The molecule has 1 aromatic rings. The molecule has 1 unspecified atom stereocenters. The molecule has 0 fully saturated rings. The highest BCUT2D eigenvalue weighted by Gasteiger charge is 2.31. The van der Waals surface area contributed by atoms with Gasteiger partial charge in [0.05, 0.1) is 14.2 Å². The largest absolute Gasteiger partial charge is 0.483 e. The van der Waals surface area contributed by atoms with Gasteiger partial charge in [0.2, 0.25) is 11.8 Å². The number of ether oxygens (including phenoxy) is 3. The number of rotatable bonds is 7. The Balaban J connectivity index is 2.05. The highest BCUT2D eigenvalue weighted by atomic mass is 16.5. The van der Waals surface area contributed by atoms with Gasteiger partial charge in [-0.25, -0.2) is 15.0 Å². The van der Waals surface area contributed by atoms with Gasteiger partial charge in [0.25, 0.3) is 0 Å². The number of aliphatic imine (C=N–C) groups is 2. The maximum Gasteiger partial charge on any atom is 0.209 e. The van der Waals surface area contributed by atoms with Gasteiger partial charge in [-0.1, -0.05) is 34.6 Å². The lowest BCUT2D eigenvalue weighted by atomic mass is 9.93. The normalized spacial score (nSPS) is 20.4. The van der Waals surface area contributed by atoms with E-state index in [-0.39, 0.29) is 23.4 Å². The minimum absolute atomic E-state index is 0.110. The molecule has 0 radical (unpaired) electrons. The molecule has 2 rings (SSSR count). The van der Waals surface area contributed by atoms with Gasteiger partial charge in [0.1, 0.15) is 24.6 Å². The summed E-state index contributed by atoms with van der Waals surface area (Å²) < 4.78 is 18.8. The highest BCUT2D eigenvalue weighted by molar-refractivity contribution is 5.94. The van der Waals surface area contributed by atoms with Gasteiger partial charge in [-0.15, -0.1) is 0 Å². The first-order valence-electron chi connectivity index (χ1n) is 9.56. The first kappa shape index (κ1) is 21.4. The smallest absolute Gasteiger partial charge is 0.209 e. The second-order valence-electron chi connectivity index (χ2n) is 8.41. The molecule has 27 heavy (non-hydrogen) atoms. The van der Waals surface area contributed by atoms with Gasteiger partial charge < -0.3 is 18.8 Å². The Morgan fingerprint density at radius 2 is 1.81 bits per heavy atom. The Morgan fingerprint density at radius 1 is 1.11 bits per heavy atom. The van der Waals surface area contributed by atoms with Crippen LogP contribution in [0.25, 0.3) is 0 Å². The van der Waals surface area contributed by atoms with Crippen LogP contribution in [-0.4, -0.2) is 54.3 Å². The van der Waals surface area contributed by atoms with Crippen molar-refractivity contribution in [1.82, 2.24) is 9.55 Å². The van der Waals surface area contributed by atoms with Crippen LogP contribution in [0, 0.1) is 11.3 Å². The summed E-state index contributed by atoms with van der Waals surface area (Å²) in [5.41, 5.74) is 0.266. The van der Waals surface area contributed by atoms with Gasteiger partial charge in [0.15, 0.2) is 0 Å². The Labute approximate surface area is 162 Å². The molecule has 0 saturated carbocycles. The van der Waals surface area contributed by atoms with E-state index in [1.54, 1.807) is 20.4 Å². The summed E-state index contributed by atoms with van der Waals surface area (Å²) in [5.74, 6) is 2.45. The van der Waals surface area contributed by atoms with Gasteiger partial charge >= 0.3 is 0 Å². The SMILES string of the molecule is COC1=N[C@H](C(C)C)C(OC)=NC1Cc1nccn1COCCC(C)(C)C. The maximum atomic E-state index is 5.83. The third-order valence-electron chi connectivity index (χ3n) is 4.54. The average Bonchev–Trinajstić information content (AvgIpc) is 3.04. The predicted octanol–water partition coefficient (Wildman–Crippen LogP) is 3.33. The first-order chi connectivity index (χ1) is 12.7. The molecular weight excluding hydrogens is 344 g/mol. The Morgan fingerprint density at radius 3 is 2.41 bits per heavy atom. The molecular formula is C20H34N4O3. The van der Waals surface area contributed by atoms with Crippen LogP contribution in [0.5, 0.6) is 0 Å². The monoisotopic (exact) mass is 378 g/mol. The zero-order valence-corrected chi connectivity index (χ0v) is 17.7. The number of aromatic nitrogens is 2. The van der Waals surface area contributed by atoms with Crippen molar-refractivity contribution in [1.29, 1.82) is 0 Å². The van der Waals surface area contributed by atoms with E-state index < -0.39 is 0 Å². The van der Waals surface area contributed by atoms with Crippen LogP contribution >= 0.6 is 0 Å². The second-order valence-corrected chi connectivity index (χ2v) is 8.41. The van der Waals surface area contributed by atoms with Crippen molar-refractivity contribution in [2.45, 2.75) is 66.3 Å². The average molecular weight is 379 g/mol. The molecule has 0 saturated heterocycles. The number of imidazole rings is 1. The molecule has 0 N–H and O–H groups in total. The van der Waals surface area contributed by atoms with Crippen LogP contribution < -0.4 is 0 Å². The Hall–Kier alpha value is -1.89. The van der Waals surface area contributed by atoms with E-state index in [4.69, 9.17) is 24.2 Å². The quantitative estimate of drug-likeness (QED) is 0.683. The molecule has 7 heteroatoms. The summed E-state index contributed by atoms with van der Waals surface area (Å²) in [4.78, 5) is 13.9. The van der Waals surface area contributed by atoms with Crippen LogP contribution in [0.2, 0.25) is 0 Å². The molecule has 1 aromatic heterocycles. The molecule has 2 heterocycles. The number of methoxy groups -OCH3 is 2. The summed E-state index contributed by atoms with van der Waals surface area (Å²) >= 11 is 0. The molecule has 0 bridgehead atoms. The first-order valence-corrected chi connectivity index (χ1v) is 9.56. The van der Waals surface area contributed by atoms with E-state index in [0.29, 0.717) is 24.9 Å². The van der Waals surface area contributed by atoms with Crippen molar-refractivity contribution in [2.24, 2.45) is 21.3 Å².